The van der Waals surface area contributed by atoms with Gasteiger partial charge in [0, 0.05) is 25.3 Å². The molecule has 1 N–H and O–H groups in total. The average molecular weight is 398 g/mol. The molecule has 0 saturated carbocycles. The minimum Gasteiger partial charge on any atom is -0.378 e. The molecule has 0 aliphatic rings. The molecule has 0 saturated heterocycles. The summed E-state index contributed by atoms with van der Waals surface area (Å²) in [5.41, 5.74) is 5.13. The fourth-order valence-electron chi connectivity index (χ4n) is 3.16. The molecule has 0 radical (unpaired) electrons. The summed E-state index contributed by atoms with van der Waals surface area (Å²) in [6.45, 7) is 5.67. The lowest BCUT2D eigenvalue weighted by atomic mass is 10.1. The Bertz CT molecular complexity index is 976. The molecule has 0 unspecified atom stereocenters. The Morgan fingerprint density at radius 2 is 1.79 bits per heavy atom. The number of rotatable bonds is 6. The number of hydrogen-bond acceptors (Lipinski definition) is 4. The Morgan fingerprint density at radius 3 is 2.39 bits per heavy atom. The van der Waals surface area contributed by atoms with Gasteiger partial charge in [0.1, 0.15) is 0 Å². The van der Waals surface area contributed by atoms with Crippen LogP contribution in [0.4, 0.5) is 10.8 Å². The number of quaternary nitrogens is 1. The quantitative estimate of drug-likeness (QED) is 0.695. The van der Waals surface area contributed by atoms with Crippen LogP contribution >= 0.6 is 11.3 Å². The number of carbonyl (C=O) groups is 1. The van der Waals surface area contributed by atoms with Gasteiger partial charge in [-0.25, -0.2) is 4.98 Å². The zero-order chi connectivity index (χ0) is 20.4. The van der Waals surface area contributed by atoms with Crippen LogP contribution in [0.15, 0.2) is 36.4 Å². The number of nitrogens with zero attached hydrogens (tertiary/aromatic N) is 3. The van der Waals surface area contributed by atoms with Gasteiger partial charge in [0.05, 0.1) is 37.4 Å². The number of carbonyl (C=O) groups excluding carboxylic acids is 1. The summed E-state index contributed by atoms with van der Waals surface area (Å²) in [5.74, 6) is -0.0000118. The summed E-state index contributed by atoms with van der Waals surface area (Å²) >= 11 is 1.60. The van der Waals surface area contributed by atoms with Crippen LogP contribution in [-0.4, -0.2) is 52.2 Å². The molecule has 0 bridgehead atoms. The van der Waals surface area contributed by atoms with Crippen molar-refractivity contribution in [1.29, 1.82) is 0 Å². The molecule has 1 aromatic heterocycles. The van der Waals surface area contributed by atoms with Gasteiger partial charge >= 0.3 is 0 Å². The summed E-state index contributed by atoms with van der Waals surface area (Å²) in [5, 5.41) is 0.770. The topological polar surface area (TPSA) is 40.9 Å². The lowest BCUT2D eigenvalue weighted by molar-refractivity contribution is -0.856. The number of aryl methyl sites for hydroxylation is 2. The van der Waals surface area contributed by atoms with Gasteiger partial charge in [-0.2, -0.15) is 0 Å². The molecule has 3 aromatic rings. The van der Waals surface area contributed by atoms with Crippen LogP contribution in [0.2, 0.25) is 0 Å². The Kier molecular flexibility index (Phi) is 6.01. The van der Waals surface area contributed by atoms with E-state index in [1.807, 2.05) is 48.2 Å². The minimum absolute atomic E-state index is 0.0000118. The first-order chi connectivity index (χ1) is 13.3. The predicted octanol–water partition coefficient (Wildman–Crippen LogP) is 2.77. The van der Waals surface area contributed by atoms with Crippen LogP contribution in [0.1, 0.15) is 21.5 Å². The van der Waals surface area contributed by atoms with Crippen molar-refractivity contribution in [2.75, 3.05) is 51.1 Å². The molecule has 28 heavy (non-hydrogen) atoms. The van der Waals surface area contributed by atoms with Crippen LogP contribution in [0.25, 0.3) is 10.2 Å². The highest BCUT2D eigenvalue weighted by Gasteiger charge is 2.22. The van der Waals surface area contributed by atoms with Gasteiger partial charge in [0.15, 0.2) is 5.13 Å². The number of thiazole rings is 1. The average Bonchev–Trinajstić information content (AvgIpc) is 3.05. The molecular formula is C22H29N4OS+. The number of likely N-dealkylation sites (N-methyl/N-ethyl adjacent to an activating group) is 1. The zero-order valence-electron chi connectivity index (χ0n) is 17.5. The second-order valence-electron chi connectivity index (χ2n) is 7.78. The summed E-state index contributed by atoms with van der Waals surface area (Å²) in [6.07, 6.45) is 0. The third-order valence-corrected chi connectivity index (χ3v) is 5.98. The van der Waals surface area contributed by atoms with Crippen molar-refractivity contribution in [3.63, 3.8) is 0 Å². The van der Waals surface area contributed by atoms with Crippen molar-refractivity contribution in [2.24, 2.45) is 0 Å². The van der Waals surface area contributed by atoms with E-state index in [2.05, 4.69) is 40.1 Å². The molecule has 0 aliphatic heterocycles. The van der Waals surface area contributed by atoms with Crippen LogP contribution < -0.4 is 14.7 Å². The fourth-order valence-corrected chi connectivity index (χ4v) is 4.20. The molecule has 2 aromatic carbocycles. The lowest BCUT2D eigenvalue weighted by Gasteiger charge is -2.21. The number of fused-ring (bicyclic) bond motifs is 1. The lowest BCUT2D eigenvalue weighted by Crippen LogP contribution is -3.06. The maximum Gasteiger partial charge on any atom is 0.260 e. The maximum atomic E-state index is 13.3. The van der Waals surface area contributed by atoms with Crippen molar-refractivity contribution in [1.82, 2.24) is 4.98 Å². The minimum atomic E-state index is -0.0000118. The smallest absolute Gasteiger partial charge is 0.260 e. The van der Waals surface area contributed by atoms with E-state index >= 15 is 0 Å². The highest BCUT2D eigenvalue weighted by atomic mass is 32.1. The summed E-state index contributed by atoms with van der Waals surface area (Å²) in [4.78, 5) is 23.3. The Balaban J connectivity index is 1.98. The van der Waals surface area contributed by atoms with Crippen LogP contribution in [0.3, 0.4) is 0 Å². The highest BCUT2D eigenvalue weighted by Crippen LogP contribution is 2.32. The van der Waals surface area contributed by atoms with Crippen molar-refractivity contribution < 1.29 is 9.69 Å². The number of nitrogens with one attached hydrogen (secondary N) is 1. The first kappa shape index (κ1) is 20.3. The molecule has 6 heteroatoms. The summed E-state index contributed by atoms with van der Waals surface area (Å²) in [6, 6.07) is 12.0. The molecule has 0 spiro atoms. The monoisotopic (exact) mass is 397 g/mol. The molecule has 0 aliphatic carbocycles. The van der Waals surface area contributed by atoms with Crippen LogP contribution in [0.5, 0.6) is 0 Å². The van der Waals surface area contributed by atoms with Crippen molar-refractivity contribution >= 4 is 38.3 Å². The fraction of sp³-hybridized carbons (Fsp3) is 0.364. The van der Waals surface area contributed by atoms with Crippen molar-refractivity contribution in [2.45, 2.75) is 13.8 Å². The van der Waals surface area contributed by atoms with E-state index in [1.165, 1.54) is 16.0 Å². The van der Waals surface area contributed by atoms with Gasteiger partial charge in [-0.05, 0) is 55.3 Å². The SMILES string of the molecule is Cc1cc(C)c2sc(N(CC[NH+](C)C)C(=O)c3ccc(N(C)C)cc3)nc2c1. The molecular weight excluding hydrogens is 368 g/mol. The van der Waals surface area contributed by atoms with Gasteiger partial charge in [-0.1, -0.05) is 17.4 Å². The third kappa shape index (κ3) is 4.34. The number of hydrogen-bond donors (Lipinski definition) is 1. The molecule has 1 amide bonds. The number of benzene rings is 2. The predicted molar refractivity (Wildman–Crippen MR) is 119 cm³/mol. The Hall–Kier alpha value is -2.44. The molecule has 148 valence electrons. The van der Waals surface area contributed by atoms with E-state index in [-0.39, 0.29) is 5.91 Å². The van der Waals surface area contributed by atoms with Gasteiger partial charge in [-0.3, -0.25) is 9.69 Å². The molecule has 3 rings (SSSR count). The summed E-state index contributed by atoms with van der Waals surface area (Å²) in [7, 11) is 8.18. The van der Waals surface area contributed by atoms with E-state index < -0.39 is 0 Å². The second kappa shape index (κ2) is 8.29. The first-order valence-corrected chi connectivity index (χ1v) is 10.3. The maximum absolute atomic E-state index is 13.3. The van der Waals surface area contributed by atoms with Crippen molar-refractivity contribution in [3.05, 3.63) is 53.1 Å². The highest BCUT2D eigenvalue weighted by molar-refractivity contribution is 7.22. The number of amides is 1. The largest absolute Gasteiger partial charge is 0.378 e. The second-order valence-corrected chi connectivity index (χ2v) is 8.76. The normalized spacial score (nSPS) is 11.2. The van der Waals surface area contributed by atoms with Gasteiger partial charge in [0.25, 0.3) is 5.91 Å². The number of aromatic nitrogens is 1. The molecule has 0 atom stereocenters. The van der Waals surface area contributed by atoms with Gasteiger partial charge < -0.3 is 9.80 Å². The third-order valence-electron chi connectivity index (χ3n) is 4.75. The standard InChI is InChI=1S/C22H28N4OS/c1-15-13-16(2)20-19(14-15)23-22(28-20)26(12-11-24(3)4)21(27)17-7-9-18(10-8-17)25(5)6/h7-10,13-14H,11-12H2,1-6H3/p+1. The van der Waals surface area contributed by atoms with E-state index in [0.29, 0.717) is 12.1 Å². The van der Waals surface area contributed by atoms with E-state index in [0.717, 1.165) is 27.6 Å². The van der Waals surface area contributed by atoms with E-state index in [9.17, 15) is 4.79 Å². The van der Waals surface area contributed by atoms with Crippen LogP contribution in [0, 0.1) is 13.8 Å². The Labute approximate surface area is 171 Å². The van der Waals surface area contributed by atoms with Gasteiger partial charge in [0.2, 0.25) is 0 Å². The Morgan fingerprint density at radius 1 is 1.11 bits per heavy atom. The van der Waals surface area contributed by atoms with E-state index in [1.54, 1.807) is 11.3 Å². The van der Waals surface area contributed by atoms with Crippen molar-refractivity contribution in [3.8, 4) is 0 Å². The molecule has 5 nitrogen and oxygen atoms in total. The number of anilines is 2. The molecule has 1 heterocycles. The molecule has 0 fully saturated rings. The van der Waals surface area contributed by atoms with E-state index in [4.69, 9.17) is 4.98 Å². The zero-order valence-corrected chi connectivity index (χ0v) is 18.4. The van der Waals surface area contributed by atoms with Crippen LogP contribution in [-0.2, 0) is 0 Å². The van der Waals surface area contributed by atoms with Gasteiger partial charge in [-0.15, -0.1) is 0 Å². The first-order valence-electron chi connectivity index (χ1n) is 9.52. The summed E-state index contributed by atoms with van der Waals surface area (Å²) < 4.78 is 1.15.